The zero-order chi connectivity index (χ0) is 15.3. The molecule has 0 aliphatic rings. The number of ether oxygens (including phenoxy) is 1. The third kappa shape index (κ3) is 4.42. The van der Waals surface area contributed by atoms with Crippen LogP contribution in [0, 0.1) is 0 Å². The van der Waals surface area contributed by atoms with Gasteiger partial charge in [0.2, 0.25) is 0 Å². The summed E-state index contributed by atoms with van der Waals surface area (Å²) >= 11 is 0. The molecule has 1 N–H and O–H groups in total. The van der Waals surface area contributed by atoms with E-state index in [1.54, 1.807) is 30.7 Å². The van der Waals surface area contributed by atoms with E-state index in [-0.39, 0.29) is 11.8 Å². The third-order valence-corrected chi connectivity index (χ3v) is 2.73. The number of aromatic nitrogens is 2. The molecule has 0 aliphatic carbocycles. The van der Waals surface area contributed by atoms with Gasteiger partial charge in [-0.2, -0.15) is 0 Å². The number of halogens is 3. The molecule has 0 bridgehead atoms. The van der Waals surface area contributed by atoms with Crippen LogP contribution >= 0.6 is 0 Å². The maximum Gasteiger partial charge on any atom is 0.573 e. The van der Waals surface area contributed by atoms with Crippen molar-refractivity contribution >= 4 is 0 Å². The molecule has 0 spiro atoms. The van der Waals surface area contributed by atoms with Crippen LogP contribution in [-0.2, 0) is 0 Å². The van der Waals surface area contributed by atoms with Crippen LogP contribution < -0.4 is 10.1 Å². The lowest BCUT2D eigenvalue weighted by molar-refractivity contribution is -0.274. The molecule has 112 valence electrons. The average molecular weight is 297 g/mol. The Bertz CT molecular complexity index is 558. The van der Waals surface area contributed by atoms with E-state index in [1.807, 2.05) is 6.92 Å². The van der Waals surface area contributed by atoms with E-state index in [2.05, 4.69) is 20.0 Å². The second-order valence-electron chi connectivity index (χ2n) is 4.24. The number of nitrogens with one attached hydrogen (secondary N) is 1. The molecule has 0 saturated heterocycles. The number of hydrogen-bond donors (Lipinski definition) is 1. The largest absolute Gasteiger partial charge is 0.573 e. The minimum absolute atomic E-state index is 0.233. The quantitative estimate of drug-likeness (QED) is 0.921. The lowest BCUT2D eigenvalue weighted by Crippen LogP contribution is -2.23. The van der Waals surface area contributed by atoms with E-state index in [0.29, 0.717) is 12.2 Å². The van der Waals surface area contributed by atoms with E-state index in [4.69, 9.17) is 0 Å². The van der Waals surface area contributed by atoms with Gasteiger partial charge in [0.15, 0.2) is 0 Å². The van der Waals surface area contributed by atoms with Crippen LogP contribution in [0.15, 0.2) is 42.9 Å². The average Bonchev–Trinajstić information content (AvgIpc) is 2.45. The topological polar surface area (TPSA) is 47.0 Å². The molecule has 1 unspecified atom stereocenters. The van der Waals surface area contributed by atoms with Crippen LogP contribution in [0.2, 0.25) is 0 Å². The van der Waals surface area contributed by atoms with Crippen molar-refractivity contribution in [2.75, 3.05) is 6.54 Å². The van der Waals surface area contributed by atoms with Crippen molar-refractivity contribution < 1.29 is 17.9 Å². The first-order valence-corrected chi connectivity index (χ1v) is 6.34. The van der Waals surface area contributed by atoms with Crippen LogP contribution in [0.5, 0.6) is 5.75 Å². The second-order valence-corrected chi connectivity index (χ2v) is 4.24. The summed E-state index contributed by atoms with van der Waals surface area (Å²) in [6, 6.07) is 5.47. The summed E-state index contributed by atoms with van der Waals surface area (Å²) in [4.78, 5) is 8.22. The Morgan fingerprint density at radius 1 is 1.19 bits per heavy atom. The van der Waals surface area contributed by atoms with E-state index in [0.717, 1.165) is 5.56 Å². The molecule has 2 aromatic rings. The first-order valence-electron chi connectivity index (χ1n) is 6.34. The summed E-state index contributed by atoms with van der Waals surface area (Å²) in [5.74, 6) is -0.249. The molecule has 2 rings (SSSR count). The first kappa shape index (κ1) is 15.2. The molecule has 0 aliphatic heterocycles. The van der Waals surface area contributed by atoms with Gasteiger partial charge < -0.3 is 10.1 Å². The molecule has 21 heavy (non-hydrogen) atoms. The molecule has 0 amide bonds. The van der Waals surface area contributed by atoms with Gasteiger partial charge in [-0.05, 0) is 24.2 Å². The maximum absolute atomic E-state index is 12.1. The third-order valence-electron chi connectivity index (χ3n) is 2.73. The summed E-state index contributed by atoms with van der Waals surface area (Å²) in [7, 11) is 0. The van der Waals surface area contributed by atoms with Crippen LogP contribution in [0.3, 0.4) is 0 Å². The van der Waals surface area contributed by atoms with Gasteiger partial charge in [0, 0.05) is 12.4 Å². The van der Waals surface area contributed by atoms with Crippen molar-refractivity contribution in [3.63, 3.8) is 0 Å². The van der Waals surface area contributed by atoms with E-state index >= 15 is 0 Å². The SMILES string of the molecule is CCNC(c1ccc(OC(F)(F)F)cc1)c1cnccn1. The van der Waals surface area contributed by atoms with Gasteiger partial charge in [0.05, 0.1) is 17.9 Å². The highest BCUT2D eigenvalue weighted by Crippen LogP contribution is 2.26. The van der Waals surface area contributed by atoms with Gasteiger partial charge in [-0.15, -0.1) is 13.2 Å². The van der Waals surface area contributed by atoms with Gasteiger partial charge >= 0.3 is 6.36 Å². The molecular weight excluding hydrogens is 283 g/mol. The fourth-order valence-corrected chi connectivity index (χ4v) is 1.92. The minimum atomic E-state index is -4.69. The van der Waals surface area contributed by atoms with Gasteiger partial charge in [-0.25, -0.2) is 0 Å². The number of rotatable bonds is 5. The normalized spacial score (nSPS) is 13.0. The van der Waals surface area contributed by atoms with Gasteiger partial charge in [0.25, 0.3) is 0 Å². The fraction of sp³-hybridized carbons (Fsp3) is 0.286. The molecule has 1 heterocycles. The molecule has 1 atom stereocenters. The Hall–Kier alpha value is -2.15. The van der Waals surface area contributed by atoms with Gasteiger partial charge in [-0.1, -0.05) is 19.1 Å². The molecule has 0 fully saturated rings. The Labute approximate surface area is 120 Å². The van der Waals surface area contributed by atoms with Crippen molar-refractivity contribution in [1.82, 2.24) is 15.3 Å². The first-order chi connectivity index (χ1) is 9.99. The highest BCUT2D eigenvalue weighted by Gasteiger charge is 2.31. The van der Waals surface area contributed by atoms with E-state index < -0.39 is 6.36 Å². The Balaban J connectivity index is 2.22. The number of benzene rings is 1. The Morgan fingerprint density at radius 3 is 2.43 bits per heavy atom. The van der Waals surface area contributed by atoms with Crippen LogP contribution in [0.1, 0.15) is 24.2 Å². The van der Waals surface area contributed by atoms with Gasteiger partial charge in [0.1, 0.15) is 5.75 Å². The van der Waals surface area contributed by atoms with E-state index in [9.17, 15) is 13.2 Å². The predicted octanol–water partition coefficient (Wildman–Crippen LogP) is 3.07. The molecular formula is C14H14F3N3O. The highest BCUT2D eigenvalue weighted by atomic mass is 19.4. The molecule has 0 radical (unpaired) electrons. The van der Waals surface area contributed by atoms with E-state index in [1.165, 1.54) is 12.1 Å². The highest BCUT2D eigenvalue weighted by molar-refractivity contribution is 5.32. The lowest BCUT2D eigenvalue weighted by atomic mass is 10.0. The smallest absolute Gasteiger partial charge is 0.406 e. The number of nitrogens with zero attached hydrogens (tertiary/aromatic N) is 2. The second kappa shape index (κ2) is 6.53. The van der Waals surface area contributed by atoms with Crippen molar-refractivity contribution in [3.8, 4) is 5.75 Å². The van der Waals surface area contributed by atoms with Crippen molar-refractivity contribution in [2.24, 2.45) is 0 Å². The lowest BCUT2D eigenvalue weighted by Gasteiger charge is -2.18. The Morgan fingerprint density at radius 2 is 1.90 bits per heavy atom. The summed E-state index contributed by atoms with van der Waals surface area (Å²) in [5.41, 5.74) is 1.48. The van der Waals surface area contributed by atoms with Crippen molar-refractivity contribution in [3.05, 3.63) is 54.1 Å². The van der Waals surface area contributed by atoms with Crippen molar-refractivity contribution in [1.29, 1.82) is 0 Å². The molecule has 4 nitrogen and oxygen atoms in total. The summed E-state index contributed by atoms with van der Waals surface area (Å²) in [6.07, 6.45) is 0.0640. The summed E-state index contributed by atoms with van der Waals surface area (Å²) < 4.78 is 40.3. The number of hydrogen-bond acceptors (Lipinski definition) is 4. The van der Waals surface area contributed by atoms with Crippen molar-refractivity contribution in [2.45, 2.75) is 19.3 Å². The van der Waals surface area contributed by atoms with Crippen LogP contribution in [-0.4, -0.2) is 22.9 Å². The zero-order valence-electron chi connectivity index (χ0n) is 11.3. The monoisotopic (exact) mass is 297 g/mol. The maximum atomic E-state index is 12.1. The summed E-state index contributed by atoms with van der Waals surface area (Å²) in [6.45, 7) is 2.62. The molecule has 1 aromatic heterocycles. The molecule has 1 aromatic carbocycles. The number of alkyl halides is 3. The molecule has 7 heteroatoms. The Kier molecular flexibility index (Phi) is 4.74. The standard InChI is InChI=1S/C14H14F3N3O/c1-2-19-13(12-9-18-7-8-20-12)10-3-5-11(6-4-10)21-14(15,16)17/h3-9,13,19H,2H2,1H3. The minimum Gasteiger partial charge on any atom is -0.406 e. The predicted molar refractivity (Wildman–Crippen MR) is 70.7 cm³/mol. The summed E-state index contributed by atoms with van der Waals surface area (Å²) in [5, 5.41) is 3.22. The fourth-order valence-electron chi connectivity index (χ4n) is 1.92. The molecule has 0 saturated carbocycles. The van der Waals surface area contributed by atoms with Crippen LogP contribution in [0.4, 0.5) is 13.2 Å². The van der Waals surface area contributed by atoms with Crippen LogP contribution in [0.25, 0.3) is 0 Å². The van der Waals surface area contributed by atoms with Gasteiger partial charge in [-0.3, -0.25) is 9.97 Å². The zero-order valence-corrected chi connectivity index (χ0v) is 11.3.